The zero-order valence-corrected chi connectivity index (χ0v) is 8.52. The smallest absolute Gasteiger partial charge is 0.0193 e. The van der Waals surface area contributed by atoms with E-state index in [1.165, 1.54) is 44.1 Å². The zero-order chi connectivity index (χ0) is 7.68. The molecule has 1 aliphatic carbocycles. The Balaban J connectivity index is 1.79. The molecule has 1 atom stereocenters. The summed E-state index contributed by atoms with van der Waals surface area (Å²) < 4.78 is 0. The van der Waals surface area contributed by atoms with Gasteiger partial charge < -0.3 is 0 Å². The fourth-order valence-electron chi connectivity index (χ4n) is 1.94. The fourth-order valence-corrected chi connectivity index (χ4v) is 2.68. The van der Waals surface area contributed by atoms with Gasteiger partial charge in [0.15, 0.2) is 0 Å². The third-order valence-corrected chi connectivity index (χ3v) is 3.61. The van der Waals surface area contributed by atoms with Gasteiger partial charge in [-0.1, -0.05) is 15.9 Å². The molecule has 1 heterocycles. The van der Waals surface area contributed by atoms with Gasteiger partial charge in [0.2, 0.25) is 0 Å². The summed E-state index contributed by atoms with van der Waals surface area (Å²) in [7, 11) is 0. The average molecular weight is 218 g/mol. The first-order valence-corrected chi connectivity index (χ1v) is 5.82. The van der Waals surface area contributed by atoms with Crippen LogP contribution in [0.1, 0.15) is 25.7 Å². The molecule has 0 amide bonds. The molecule has 0 aromatic heterocycles. The van der Waals surface area contributed by atoms with E-state index < -0.39 is 0 Å². The molecule has 0 bridgehead atoms. The third kappa shape index (κ3) is 1.97. The van der Waals surface area contributed by atoms with Crippen LogP contribution >= 0.6 is 15.9 Å². The second-order valence-corrected chi connectivity index (χ2v) is 4.54. The lowest BCUT2D eigenvalue weighted by Gasteiger charge is -2.22. The number of rotatable bonds is 3. The largest absolute Gasteiger partial charge is 0.299 e. The van der Waals surface area contributed by atoms with Gasteiger partial charge in [0.05, 0.1) is 0 Å². The van der Waals surface area contributed by atoms with Crippen LogP contribution in [0.15, 0.2) is 0 Å². The monoisotopic (exact) mass is 217 g/mol. The highest BCUT2D eigenvalue weighted by atomic mass is 79.9. The molecule has 1 saturated heterocycles. The van der Waals surface area contributed by atoms with Crippen molar-refractivity contribution in [1.29, 1.82) is 0 Å². The Labute approximate surface area is 77.3 Å². The van der Waals surface area contributed by atoms with Crippen LogP contribution in [0.25, 0.3) is 0 Å². The lowest BCUT2D eigenvalue weighted by molar-refractivity contribution is 0.262. The number of nitrogens with zero attached hydrogens (tertiary/aromatic N) is 1. The summed E-state index contributed by atoms with van der Waals surface area (Å²) in [4.78, 5) is 2.67. The predicted octanol–water partition coefficient (Wildman–Crippen LogP) is 2.26. The second kappa shape index (κ2) is 3.44. The highest BCUT2D eigenvalue weighted by Crippen LogP contribution is 2.32. The lowest BCUT2D eigenvalue weighted by Crippen LogP contribution is -2.32. The minimum atomic E-state index is 0.857. The molecular weight excluding hydrogens is 202 g/mol. The average Bonchev–Trinajstić information content (AvgIpc) is 2.68. The summed E-state index contributed by atoms with van der Waals surface area (Å²) in [5.74, 6) is 1.06. The summed E-state index contributed by atoms with van der Waals surface area (Å²) in [6.45, 7) is 2.74. The van der Waals surface area contributed by atoms with Gasteiger partial charge in [0, 0.05) is 17.9 Å². The van der Waals surface area contributed by atoms with Crippen molar-refractivity contribution in [2.75, 3.05) is 18.4 Å². The molecule has 2 fully saturated rings. The Hall–Kier alpha value is 0.440. The highest BCUT2D eigenvalue weighted by molar-refractivity contribution is 9.09. The van der Waals surface area contributed by atoms with Crippen molar-refractivity contribution in [3.63, 3.8) is 0 Å². The number of halogens is 1. The van der Waals surface area contributed by atoms with Gasteiger partial charge >= 0.3 is 0 Å². The lowest BCUT2D eigenvalue weighted by atomic mass is 10.2. The summed E-state index contributed by atoms with van der Waals surface area (Å²) >= 11 is 3.59. The van der Waals surface area contributed by atoms with E-state index in [0.29, 0.717) is 0 Å². The van der Waals surface area contributed by atoms with Crippen LogP contribution in [0.3, 0.4) is 0 Å². The number of hydrogen-bond donors (Lipinski definition) is 0. The van der Waals surface area contributed by atoms with Crippen molar-refractivity contribution in [2.45, 2.75) is 31.7 Å². The zero-order valence-electron chi connectivity index (χ0n) is 6.93. The summed E-state index contributed by atoms with van der Waals surface area (Å²) in [5.41, 5.74) is 0. The van der Waals surface area contributed by atoms with E-state index >= 15 is 0 Å². The molecule has 2 rings (SSSR count). The van der Waals surface area contributed by atoms with Crippen LogP contribution in [-0.4, -0.2) is 29.4 Å². The van der Waals surface area contributed by atoms with Crippen LogP contribution in [0.4, 0.5) is 0 Å². The molecule has 1 nitrogen and oxygen atoms in total. The van der Waals surface area contributed by atoms with E-state index in [1.807, 2.05) is 0 Å². The predicted molar refractivity (Wildman–Crippen MR) is 51.1 cm³/mol. The molecule has 0 spiro atoms. The van der Waals surface area contributed by atoms with Gasteiger partial charge in [-0.2, -0.15) is 0 Å². The molecule has 1 aliphatic heterocycles. The van der Waals surface area contributed by atoms with Gasteiger partial charge in [0.25, 0.3) is 0 Å². The number of alkyl halides is 1. The van der Waals surface area contributed by atoms with Crippen molar-refractivity contribution in [3.8, 4) is 0 Å². The Morgan fingerprint density at radius 1 is 1.27 bits per heavy atom. The third-order valence-electron chi connectivity index (χ3n) is 2.87. The van der Waals surface area contributed by atoms with Crippen LogP contribution in [-0.2, 0) is 0 Å². The minimum absolute atomic E-state index is 0.857. The topological polar surface area (TPSA) is 3.24 Å². The Bertz CT molecular complexity index is 134. The fraction of sp³-hybridized carbons (Fsp3) is 1.00. The van der Waals surface area contributed by atoms with E-state index in [-0.39, 0.29) is 0 Å². The van der Waals surface area contributed by atoms with Crippen molar-refractivity contribution in [3.05, 3.63) is 0 Å². The van der Waals surface area contributed by atoms with E-state index in [1.54, 1.807) is 0 Å². The summed E-state index contributed by atoms with van der Waals surface area (Å²) in [6.07, 6.45) is 5.82. The second-order valence-electron chi connectivity index (χ2n) is 3.89. The molecule has 2 heteroatoms. The Kier molecular flexibility index (Phi) is 2.52. The first kappa shape index (κ1) is 8.06. The van der Waals surface area contributed by atoms with Gasteiger partial charge in [-0.25, -0.2) is 0 Å². The summed E-state index contributed by atoms with van der Waals surface area (Å²) in [5, 5.41) is 1.18. The SMILES string of the molecule is BrCC1CCCN1CC1CC1. The number of hydrogen-bond acceptors (Lipinski definition) is 1. The van der Waals surface area contributed by atoms with Gasteiger partial charge in [-0.05, 0) is 38.1 Å². The molecule has 0 N–H and O–H groups in total. The van der Waals surface area contributed by atoms with Gasteiger partial charge in [-0.3, -0.25) is 4.90 Å². The van der Waals surface area contributed by atoms with Crippen LogP contribution in [0, 0.1) is 5.92 Å². The van der Waals surface area contributed by atoms with Gasteiger partial charge in [-0.15, -0.1) is 0 Å². The molecular formula is C9H16BrN. The van der Waals surface area contributed by atoms with Crippen LogP contribution < -0.4 is 0 Å². The van der Waals surface area contributed by atoms with E-state index in [0.717, 1.165) is 12.0 Å². The maximum atomic E-state index is 3.59. The molecule has 2 aliphatic rings. The first-order valence-electron chi connectivity index (χ1n) is 4.70. The maximum absolute atomic E-state index is 3.59. The molecule has 11 heavy (non-hydrogen) atoms. The van der Waals surface area contributed by atoms with E-state index in [2.05, 4.69) is 20.8 Å². The van der Waals surface area contributed by atoms with Crippen molar-refractivity contribution < 1.29 is 0 Å². The number of likely N-dealkylation sites (tertiary alicyclic amines) is 1. The molecule has 1 unspecified atom stereocenters. The molecule has 64 valence electrons. The quantitative estimate of drug-likeness (QED) is 0.657. The molecule has 0 aromatic carbocycles. The van der Waals surface area contributed by atoms with E-state index in [4.69, 9.17) is 0 Å². The molecule has 1 saturated carbocycles. The molecule has 0 radical (unpaired) electrons. The highest BCUT2D eigenvalue weighted by Gasteiger charge is 2.30. The Morgan fingerprint density at radius 2 is 2.09 bits per heavy atom. The standard InChI is InChI=1S/C9H16BrN/c10-6-9-2-1-5-11(9)7-8-3-4-8/h8-9H,1-7H2. The molecule has 0 aromatic rings. The summed E-state index contributed by atoms with van der Waals surface area (Å²) in [6, 6.07) is 0.857. The normalized spacial score (nSPS) is 33.0. The van der Waals surface area contributed by atoms with Crippen LogP contribution in [0.2, 0.25) is 0 Å². The van der Waals surface area contributed by atoms with Crippen molar-refractivity contribution in [2.24, 2.45) is 5.92 Å². The van der Waals surface area contributed by atoms with Crippen molar-refractivity contribution in [1.82, 2.24) is 4.90 Å². The maximum Gasteiger partial charge on any atom is 0.0193 e. The first-order chi connectivity index (χ1) is 5.40. The Morgan fingerprint density at radius 3 is 2.73 bits per heavy atom. The van der Waals surface area contributed by atoms with Gasteiger partial charge in [0.1, 0.15) is 0 Å². The van der Waals surface area contributed by atoms with Crippen molar-refractivity contribution >= 4 is 15.9 Å². The van der Waals surface area contributed by atoms with Crippen LogP contribution in [0.5, 0.6) is 0 Å². The minimum Gasteiger partial charge on any atom is -0.299 e. The van der Waals surface area contributed by atoms with E-state index in [9.17, 15) is 0 Å².